The van der Waals surface area contributed by atoms with Crippen LogP contribution < -0.4 is 0 Å². The van der Waals surface area contributed by atoms with Gasteiger partial charge in [0.05, 0.1) is 0 Å². The second-order valence-corrected chi connectivity index (χ2v) is 1.53. The van der Waals surface area contributed by atoms with Crippen molar-refractivity contribution in [1.82, 2.24) is 0 Å². The molecule has 0 aromatic heterocycles. The number of hydrogen-bond donors (Lipinski definition) is 0. The Kier molecular flexibility index (Phi) is 6.92. The van der Waals surface area contributed by atoms with Gasteiger partial charge in [0.1, 0.15) is 0 Å². The summed E-state index contributed by atoms with van der Waals surface area (Å²) in [7, 11) is 0. The van der Waals surface area contributed by atoms with E-state index in [4.69, 9.17) is 0 Å². The molecule has 0 rings (SSSR count). The van der Waals surface area contributed by atoms with Gasteiger partial charge in [0, 0.05) is 6.42 Å². The van der Waals surface area contributed by atoms with Gasteiger partial charge in [-0.1, -0.05) is 18.8 Å². The van der Waals surface area contributed by atoms with Crippen molar-refractivity contribution < 1.29 is 0 Å². The van der Waals surface area contributed by atoms with E-state index in [0.29, 0.717) is 0 Å². The van der Waals surface area contributed by atoms with Crippen molar-refractivity contribution in [2.24, 2.45) is 0 Å². The fourth-order valence-electron chi connectivity index (χ4n) is 0.320. The van der Waals surface area contributed by atoms with Gasteiger partial charge in [-0.25, -0.2) is 0 Å². The largest absolute Gasteiger partial charge is 0.0925 e. The van der Waals surface area contributed by atoms with E-state index in [2.05, 4.69) is 47.4 Å². The van der Waals surface area contributed by atoms with Crippen LogP contribution in [0, 0.1) is 47.4 Å². The quantitative estimate of drug-likeness (QED) is 0.446. The smallest absolute Gasteiger partial charge is 0.00704 e. The van der Waals surface area contributed by atoms with Gasteiger partial charge in [-0.2, -0.15) is 0 Å². The van der Waals surface area contributed by atoms with Gasteiger partial charge in [-0.05, 0) is 42.4 Å². The molecule has 0 saturated carbocycles. The Bertz CT molecular complexity index is 328. The van der Waals surface area contributed by atoms with Crippen molar-refractivity contribution in [2.75, 3.05) is 0 Å². The van der Waals surface area contributed by atoms with Gasteiger partial charge < -0.3 is 0 Å². The van der Waals surface area contributed by atoms with Gasteiger partial charge in [-0.15, -0.1) is 0 Å². The van der Waals surface area contributed by atoms with Crippen molar-refractivity contribution >= 4 is 0 Å². The molecule has 0 spiro atoms. The fourth-order valence-corrected chi connectivity index (χ4v) is 0.320. The van der Waals surface area contributed by atoms with Crippen LogP contribution in [0.2, 0.25) is 0 Å². The molecule has 52 valence electrons. The van der Waals surface area contributed by atoms with Crippen LogP contribution in [0.4, 0.5) is 0 Å². The third-order valence-corrected chi connectivity index (χ3v) is 0.703. The number of hydrogen-bond acceptors (Lipinski definition) is 0. The molecular weight excluding hydrogens is 132 g/mol. The molecule has 0 unspecified atom stereocenters. The standard InChI is InChI=1S/C11H8/c1-3-5-7-9-11-10-8-6-4-2/h3H2,1-2H3. The minimum absolute atomic E-state index is 0.830. The molecule has 0 N–H and O–H groups in total. The lowest BCUT2D eigenvalue weighted by Gasteiger charge is -1.60. The Hall–Kier alpha value is -1.76. The summed E-state index contributed by atoms with van der Waals surface area (Å²) >= 11 is 0. The first-order chi connectivity index (χ1) is 5.41. The lowest BCUT2D eigenvalue weighted by molar-refractivity contribution is 1.28. The average molecular weight is 140 g/mol. The highest BCUT2D eigenvalue weighted by Gasteiger charge is 1.56. The molecule has 0 heterocycles. The van der Waals surface area contributed by atoms with Crippen LogP contribution in [0.1, 0.15) is 20.3 Å². The maximum absolute atomic E-state index is 2.81. The molecule has 0 aromatic rings. The highest BCUT2D eigenvalue weighted by Crippen LogP contribution is 1.64. The fraction of sp³-hybridized carbons (Fsp3) is 0.273. The van der Waals surface area contributed by atoms with Crippen LogP contribution in [-0.2, 0) is 0 Å². The van der Waals surface area contributed by atoms with E-state index in [1.807, 2.05) is 6.92 Å². The van der Waals surface area contributed by atoms with E-state index < -0.39 is 0 Å². The lowest BCUT2D eigenvalue weighted by Crippen LogP contribution is -1.54. The van der Waals surface area contributed by atoms with Crippen molar-refractivity contribution in [1.29, 1.82) is 0 Å². The zero-order valence-electron chi connectivity index (χ0n) is 6.71. The Balaban J connectivity index is 3.91. The predicted octanol–water partition coefficient (Wildman–Crippen LogP) is 1.43. The first kappa shape index (κ1) is 9.24. The highest BCUT2D eigenvalue weighted by molar-refractivity contribution is 5.39. The monoisotopic (exact) mass is 140 g/mol. The van der Waals surface area contributed by atoms with Gasteiger partial charge >= 0.3 is 0 Å². The zero-order chi connectivity index (χ0) is 8.36. The molecule has 0 heteroatoms. The zero-order valence-corrected chi connectivity index (χ0v) is 6.71. The summed E-state index contributed by atoms with van der Waals surface area (Å²) in [5.74, 6) is 21.0. The minimum Gasteiger partial charge on any atom is -0.0925 e. The Labute approximate surface area is 68.4 Å². The van der Waals surface area contributed by atoms with Crippen molar-refractivity contribution in [3.05, 3.63) is 0 Å². The average Bonchev–Trinajstić information content (AvgIpc) is 2.03. The van der Waals surface area contributed by atoms with Crippen molar-refractivity contribution in [3.63, 3.8) is 0 Å². The Morgan fingerprint density at radius 2 is 1.36 bits per heavy atom. The predicted molar refractivity (Wildman–Crippen MR) is 47.1 cm³/mol. The summed E-state index contributed by atoms with van der Waals surface area (Å²) in [4.78, 5) is 0. The topological polar surface area (TPSA) is 0 Å². The molecule has 0 fully saturated rings. The molecule has 0 radical (unpaired) electrons. The first-order valence-corrected chi connectivity index (χ1v) is 3.31. The van der Waals surface area contributed by atoms with E-state index in [1.165, 1.54) is 0 Å². The molecular formula is C11H8. The molecule has 0 bridgehead atoms. The Morgan fingerprint density at radius 3 is 1.91 bits per heavy atom. The third kappa shape index (κ3) is 8.24. The first-order valence-electron chi connectivity index (χ1n) is 3.31. The minimum atomic E-state index is 0.830. The van der Waals surface area contributed by atoms with E-state index >= 15 is 0 Å². The van der Waals surface area contributed by atoms with Gasteiger partial charge in [0.15, 0.2) is 0 Å². The third-order valence-electron chi connectivity index (χ3n) is 0.703. The van der Waals surface area contributed by atoms with Crippen LogP contribution in [0.15, 0.2) is 0 Å². The molecule has 11 heavy (non-hydrogen) atoms. The van der Waals surface area contributed by atoms with Crippen LogP contribution in [0.25, 0.3) is 0 Å². The summed E-state index contributed by atoms with van der Waals surface area (Å²) in [6.45, 7) is 3.71. The highest BCUT2D eigenvalue weighted by atomic mass is 13.6. The summed E-state index contributed by atoms with van der Waals surface area (Å²) in [6, 6.07) is 0. The summed E-state index contributed by atoms with van der Waals surface area (Å²) in [5, 5.41) is 0. The normalized spacial score (nSPS) is 4.55. The molecule has 0 atom stereocenters. The molecule has 0 aliphatic carbocycles. The van der Waals surface area contributed by atoms with Crippen molar-refractivity contribution in [2.45, 2.75) is 20.3 Å². The molecule has 0 aliphatic rings. The van der Waals surface area contributed by atoms with E-state index in [-0.39, 0.29) is 0 Å². The van der Waals surface area contributed by atoms with Gasteiger partial charge in [-0.3, -0.25) is 0 Å². The number of rotatable bonds is 0. The maximum Gasteiger partial charge on any atom is 0.00704 e. The van der Waals surface area contributed by atoms with Crippen LogP contribution in [0.3, 0.4) is 0 Å². The summed E-state index contributed by atoms with van der Waals surface area (Å²) < 4.78 is 0. The van der Waals surface area contributed by atoms with Gasteiger partial charge in [0.25, 0.3) is 0 Å². The lowest BCUT2D eigenvalue weighted by atomic mass is 10.4. The molecule has 0 amide bonds. The Morgan fingerprint density at radius 1 is 0.818 bits per heavy atom. The maximum atomic E-state index is 2.81. The molecule has 0 nitrogen and oxygen atoms in total. The van der Waals surface area contributed by atoms with Crippen LogP contribution in [-0.4, -0.2) is 0 Å². The van der Waals surface area contributed by atoms with E-state index in [9.17, 15) is 0 Å². The molecule has 0 saturated heterocycles. The second kappa shape index (κ2) is 8.24. The van der Waals surface area contributed by atoms with Crippen LogP contribution >= 0.6 is 0 Å². The van der Waals surface area contributed by atoms with Crippen LogP contribution in [0.5, 0.6) is 0 Å². The van der Waals surface area contributed by atoms with E-state index in [1.54, 1.807) is 6.92 Å². The molecule has 0 aromatic carbocycles. The summed E-state index contributed by atoms with van der Waals surface area (Å²) in [6.07, 6.45) is 0.830. The van der Waals surface area contributed by atoms with E-state index in [0.717, 1.165) is 6.42 Å². The van der Waals surface area contributed by atoms with Gasteiger partial charge in [0.2, 0.25) is 0 Å². The second-order valence-electron chi connectivity index (χ2n) is 1.53. The van der Waals surface area contributed by atoms with Crippen molar-refractivity contribution in [3.8, 4) is 47.4 Å². The molecule has 0 aliphatic heterocycles. The summed E-state index contributed by atoms with van der Waals surface area (Å²) in [5.41, 5.74) is 0. The SMILES string of the molecule is CC#CC#CC#CC#CCC.